The summed E-state index contributed by atoms with van der Waals surface area (Å²) < 4.78 is 5.18. The lowest BCUT2D eigenvalue weighted by Gasteiger charge is -2.05. The summed E-state index contributed by atoms with van der Waals surface area (Å²) in [5.41, 5.74) is 3.65. The van der Waals surface area contributed by atoms with E-state index in [2.05, 4.69) is 10.3 Å². The standard InChI is InChI=1S/C19H18N2O2S/c1-13-6-8-15(9-7-13)19-21-17(12-24-19)18(22)20-11-14-4-3-5-16(10-14)23-2/h3-10,12H,11H2,1-2H3,(H,20,22). The summed E-state index contributed by atoms with van der Waals surface area (Å²) in [4.78, 5) is 16.7. The van der Waals surface area contributed by atoms with Gasteiger partial charge in [-0.2, -0.15) is 0 Å². The van der Waals surface area contributed by atoms with E-state index < -0.39 is 0 Å². The predicted molar refractivity (Wildman–Crippen MR) is 96.5 cm³/mol. The number of thiazole rings is 1. The van der Waals surface area contributed by atoms with E-state index in [1.165, 1.54) is 16.9 Å². The van der Waals surface area contributed by atoms with E-state index in [0.717, 1.165) is 21.9 Å². The molecule has 0 fully saturated rings. The Balaban J connectivity index is 1.66. The van der Waals surface area contributed by atoms with Crippen LogP contribution in [0.25, 0.3) is 10.6 Å². The van der Waals surface area contributed by atoms with E-state index in [1.807, 2.05) is 55.5 Å². The number of nitrogens with one attached hydrogen (secondary N) is 1. The van der Waals surface area contributed by atoms with Crippen molar-refractivity contribution in [3.8, 4) is 16.3 Å². The van der Waals surface area contributed by atoms with Gasteiger partial charge in [0.1, 0.15) is 16.5 Å². The molecule has 3 aromatic rings. The van der Waals surface area contributed by atoms with Crippen molar-refractivity contribution in [3.63, 3.8) is 0 Å². The molecule has 0 bridgehead atoms. The first-order chi connectivity index (χ1) is 11.7. The molecular formula is C19H18N2O2S. The molecule has 1 amide bonds. The molecule has 24 heavy (non-hydrogen) atoms. The Kier molecular flexibility index (Phi) is 4.91. The molecule has 3 rings (SSSR count). The van der Waals surface area contributed by atoms with Gasteiger partial charge in [-0.15, -0.1) is 11.3 Å². The van der Waals surface area contributed by atoms with E-state index in [1.54, 1.807) is 12.5 Å². The summed E-state index contributed by atoms with van der Waals surface area (Å²) >= 11 is 1.47. The van der Waals surface area contributed by atoms with Crippen LogP contribution in [0.5, 0.6) is 5.75 Å². The number of nitrogens with zero attached hydrogens (tertiary/aromatic N) is 1. The van der Waals surface area contributed by atoms with Crippen LogP contribution in [0.1, 0.15) is 21.6 Å². The van der Waals surface area contributed by atoms with Crippen molar-refractivity contribution in [2.24, 2.45) is 0 Å². The third-order valence-corrected chi connectivity index (χ3v) is 4.51. The molecule has 2 aromatic carbocycles. The topological polar surface area (TPSA) is 51.2 Å². The van der Waals surface area contributed by atoms with Crippen molar-refractivity contribution in [1.82, 2.24) is 10.3 Å². The van der Waals surface area contributed by atoms with Gasteiger partial charge in [-0.1, -0.05) is 42.0 Å². The van der Waals surface area contributed by atoms with Crippen molar-refractivity contribution in [2.45, 2.75) is 13.5 Å². The van der Waals surface area contributed by atoms with Crippen LogP contribution in [0.3, 0.4) is 0 Å². The number of rotatable bonds is 5. The van der Waals surface area contributed by atoms with Crippen LogP contribution >= 0.6 is 11.3 Å². The Hall–Kier alpha value is -2.66. The molecule has 1 heterocycles. The Labute approximate surface area is 145 Å². The highest BCUT2D eigenvalue weighted by Gasteiger charge is 2.11. The van der Waals surface area contributed by atoms with Crippen molar-refractivity contribution >= 4 is 17.2 Å². The van der Waals surface area contributed by atoms with Crippen molar-refractivity contribution in [3.05, 3.63) is 70.7 Å². The molecule has 1 N–H and O–H groups in total. The van der Waals surface area contributed by atoms with Crippen molar-refractivity contribution < 1.29 is 9.53 Å². The molecule has 0 saturated heterocycles. The van der Waals surface area contributed by atoms with Gasteiger partial charge in [-0.3, -0.25) is 4.79 Å². The lowest BCUT2D eigenvalue weighted by Crippen LogP contribution is -2.23. The Morgan fingerprint density at radius 2 is 2.00 bits per heavy atom. The Bertz CT molecular complexity index is 841. The fourth-order valence-corrected chi connectivity index (χ4v) is 3.07. The molecule has 1 aromatic heterocycles. The maximum absolute atomic E-state index is 12.3. The number of carbonyl (C=O) groups excluding carboxylic acids is 1. The summed E-state index contributed by atoms with van der Waals surface area (Å²) in [6, 6.07) is 15.7. The Morgan fingerprint density at radius 3 is 2.75 bits per heavy atom. The minimum Gasteiger partial charge on any atom is -0.497 e. The second kappa shape index (κ2) is 7.27. The number of hydrogen-bond acceptors (Lipinski definition) is 4. The zero-order chi connectivity index (χ0) is 16.9. The highest BCUT2D eigenvalue weighted by molar-refractivity contribution is 7.13. The van der Waals surface area contributed by atoms with E-state index in [9.17, 15) is 4.79 Å². The van der Waals surface area contributed by atoms with Gasteiger partial charge in [-0.25, -0.2) is 4.98 Å². The van der Waals surface area contributed by atoms with Gasteiger partial charge in [0.25, 0.3) is 5.91 Å². The van der Waals surface area contributed by atoms with Crippen LogP contribution in [-0.2, 0) is 6.54 Å². The average Bonchev–Trinajstić information content (AvgIpc) is 3.10. The van der Waals surface area contributed by atoms with E-state index in [-0.39, 0.29) is 5.91 Å². The fraction of sp³-hybridized carbons (Fsp3) is 0.158. The number of benzene rings is 2. The van der Waals surface area contributed by atoms with Gasteiger partial charge in [0.05, 0.1) is 7.11 Å². The molecule has 0 aliphatic rings. The minimum atomic E-state index is -0.174. The third kappa shape index (κ3) is 3.81. The monoisotopic (exact) mass is 338 g/mol. The third-order valence-electron chi connectivity index (χ3n) is 3.62. The number of aromatic nitrogens is 1. The molecule has 0 aliphatic carbocycles. The van der Waals surface area contributed by atoms with Crippen molar-refractivity contribution in [1.29, 1.82) is 0 Å². The van der Waals surface area contributed by atoms with Crippen LogP contribution in [0.4, 0.5) is 0 Å². The molecule has 0 spiro atoms. The zero-order valence-electron chi connectivity index (χ0n) is 13.6. The number of methoxy groups -OCH3 is 1. The summed E-state index contributed by atoms with van der Waals surface area (Å²) in [5.74, 6) is 0.601. The lowest BCUT2D eigenvalue weighted by atomic mass is 10.2. The number of hydrogen-bond donors (Lipinski definition) is 1. The van der Waals surface area contributed by atoms with Gasteiger partial charge in [0.15, 0.2) is 0 Å². The number of amides is 1. The van der Waals surface area contributed by atoms with E-state index in [0.29, 0.717) is 12.2 Å². The quantitative estimate of drug-likeness (QED) is 0.763. The zero-order valence-corrected chi connectivity index (χ0v) is 14.4. The molecule has 0 radical (unpaired) electrons. The molecule has 5 heteroatoms. The van der Waals surface area contributed by atoms with Crippen LogP contribution in [0.2, 0.25) is 0 Å². The number of aryl methyl sites for hydroxylation is 1. The van der Waals surface area contributed by atoms with Gasteiger partial charge >= 0.3 is 0 Å². The van der Waals surface area contributed by atoms with E-state index >= 15 is 0 Å². The van der Waals surface area contributed by atoms with Crippen molar-refractivity contribution in [2.75, 3.05) is 7.11 Å². The summed E-state index contributed by atoms with van der Waals surface area (Å²) in [6.45, 7) is 2.48. The first-order valence-corrected chi connectivity index (χ1v) is 8.47. The number of ether oxygens (including phenoxy) is 1. The normalized spacial score (nSPS) is 10.4. The highest BCUT2D eigenvalue weighted by atomic mass is 32.1. The van der Waals surface area contributed by atoms with Gasteiger partial charge in [0, 0.05) is 17.5 Å². The molecule has 122 valence electrons. The SMILES string of the molecule is COc1cccc(CNC(=O)c2csc(-c3ccc(C)cc3)n2)c1. The largest absolute Gasteiger partial charge is 0.497 e. The van der Waals surface area contributed by atoms with Gasteiger partial charge in [-0.05, 0) is 24.6 Å². The van der Waals surface area contributed by atoms with E-state index in [4.69, 9.17) is 4.74 Å². The first-order valence-electron chi connectivity index (χ1n) is 7.59. The fourth-order valence-electron chi connectivity index (χ4n) is 2.26. The van der Waals surface area contributed by atoms with Crippen LogP contribution in [-0.4, -0.2) is 18.0 Å². The molecule has 0 unspecified atom stereocenters. The molecule has 0 aliphatic heterocycles. The maximum atomic E-state index is 12.3. The second-order valence-corrected chi connectivity index (χ2v) is 6.30. The Morgan fingerprint density at radius 1 is 1.21 bits per heavy atom. The summed E-state index contributed by atoms with van der Waals surface area (Å²) in [7, 11) is 1.62. The maximum Gasteiger partial charge on any atom is 0.271 e. The highest BCUT2D eigenvalue weighted by Crippen LogP contribution is 2.24. The molecule has 0 saturated carbocycles. The van der Waals surface area contributed by atoms with Crippen LogP contribution < -0.4 is 10.1 Å². The lowest BCUT2D eigenvalue weighted by molar-refractivity contribution is 0.0946. The van der Waals surface area contributed by atoms with Gasteiger partial charge in [0.2, 0.25) is 0 Å². The predicted octanol–water partition coefficient (Wildman–Crippen LogP) is 4.06. The smallest absolute Gasteiger partial charge is 0.271 e. The van der Waals surface area contributed by atoms with Gasteiger partial charge < -0.3 is 10.1 Å². The summed E-state index contributed by atoms with van der Waals surface area (Å²) in [5, 5.41) is 5.53. The van der Waals surface area contributed by atoms with Crippen LogP contribution in [0, 0.1) is 6.92 Å². The summed E-state index contributed by atoms with van der Waals surface area (Å²) in [6.07, 6.45) is 0. The minimum absolute atomic E-state index is 0.174. The average molecular weight is 338 g/mol. The molecular weight excluding hydrogens is 320 g/mol. The first kappa shape index (κ1) is 16.2. The second-order valence-electron chi connectivity index (χ2n) is 5.44. The molecule has 4 nitrogen and oxygen atoms in total. The molecule has 0 atom stereocenters. The van der Waals surface area contributed by atoms with Crippen LogP contribution in [0.15, 0.2) is 53.9 Å². The number of carbonyl (C=O) groups is 1.